The summed E-state index contributed by atoms with van der Waals surface area (Å²) in [6, 6.07) is 7.63. The van der Waals surface area contributed by atoms with E-state index in [1.807, 2.05) is 31.2 Å². The molecule has 1 aromatic carbocycles. The maximum Gasteiger partial charge on any atom is 0.223 e. The fraction of sp³-hybridized carbons (Fsp3) is 0.529. The third-order valence-electron chi connectivity index (χ3n) is 4.23. The van der Waals surface area contributed by atoms with Crippen molar-refractivity contribution >= 4 is 11.7 Å². The molecule has 120 valence electrons. The first-order valence-corrected chi connectivity index (χ1v) is 7.52. The number of Topliss-reactive ketones (excluding diaryl/α,β-unsaturated/α-hetero) is 1. The molecule has 5 heteroatoms. The van der Waals surface area contributed by atoms with Gasteiger partial charge in [-0.2, -0.15) is 0 Å². The van der Waals surface area contributed by atoms with Crippen LogP contribution in [0.2, 0.25) is 0 Å². The Bertz CT molecular complexity index is 526. The van der Waals surface area contributed by atoms with Crippen LogP contribution in [0, 0.1) is 5.92 Å². The van der Waals surface area contributed by atoms with Gasteiger partial charge in [0.2, 0.25) is 5.91 Å². The minimum Gasteiger partial charge on any atom is -0.497 e. The molecule has 1 amide bonds. The van der Waals surface area contributed by atoms with Gasteiger partial charge in [-0.15, -0.1) is 0 Å². The number of methoxy groups -OCH3 is 2. The number of likely N-dealkylation sites (tertiary alicyclic amines) is 1. The van der Waals surface area contributed by atoms with E-state index in [-0.39, 0.29) is 23.7 Å². The molecule has 1 aliphatic heterocycles. The Morgan fingerprint density at radius 1 is 1.32 bits per heavy atom. The lowest BCUT2D eigenvalue weighted by atomic mass is 10.0. The van der Waals surface area contributed by atoms with Crippen molar-refractivity contribution in [3.8, 4) is 5.75 Å². The average molecular weight is 305 g/mol. The Morgan fingerprint density at radius 2 is 2.00 bits per heavy atom. The molecule has 1 aliphatic rings. The number of carbonyl (C=O) groups is 2. The molecule has 2 atom stereocenters. The van der Waals surface area contributed by atoms with E-state index < -0.39 is 0 Å². The van der Waals surface area contributed by atoms with E-state index in [1.165, 1.54) is 0 Å². The number of hydrogen-bond acceptors (Lipinski definition) is 4. The van der Waals surface area contributed by atoms with Crippen LogP contribution in [0.3, 0.4) is 0 Å². The Morgan fingerprint density at radius 3 is 2.59 bits per heavy atom. The molecule has 0 aliphatic carbocycles. The molecule has 1 heterocycles. The van der Waals surface area contributed by atoms with E-state index in [9.17, 15) is 9.59 Å². The van der Waals surface area contributed by atoms with Crippen LogP contribution in [-0.4, -0.2) is 44.0 Å². The van der Waals surface area contributed by atoms with E-state index in [4.69, 9.17) is 9.47 Å². The molecule has 0 radical (unpaired) electrons. The number of rotatable bonds is 7. The van der Waals surface area contributed by atoms with Gasteiger partial charge in [0.1, 0.15) is 11.5 Å². The molecular weight excluding hydrogens is 282 g/mol. The van der Waals surface area contributed by atoms with Crippen molar-refractivity contribution in [2.75, 3.05) is 27.4 Å². The summed E-state index contributed by atoms with van der Waals surface area (Å²) in [6.07, 6.45) is 0.683. The first-order valence-electron chi connectivity index (χ1n) is 7.52. The lowest BCUT2D eigenvalue weighted by molar-refractivity contribution is -0.130. The van der Waals surface area contributed by atoms with E-state index in [2.05, 4.69) is 0 Å². The zero-order chi connectivity index (χ0) is 16.1. The lowest BCUT2D eigenvalue weighted by Gasteiger charge is -2.25. The molecule has 5 nitrogen and oxygen atoms in total. The van der Waals surface area contributed by atoms with Gasteiger partial charge in [0, 0.05) is 32.4 Å². The van der Waals surface area contributed by atoms with Crippen molar-refractivity contribution < 1.29 is 19.1 Å². The van der Waals surface area contributed by atoms with Crippen molar-refractivity contribution in [3.05, 3.63) is 29.8 Å². The third-order valence-corrected chi connectivity index (χ3v) is 4.23. The Hall–Kier alpha value is -1.88. The smallest absolute Gasteiger partial charge is 0.223 e. The first kappa shape index (κ1) is 16.5. The summed E-state index contributed by atoms with van der Waals surface area (Å²) in [4.78, 5) is 26.1. The Labute approximate surface area is 131 Å². The van der Waals surface area contributed by atoms with Crippen molar-refractivity contribution in [1.82, 2.24) is 4.90 Å². The highest BCUT2D eigenvalue weighted by molar-refractivity contribution is 5.90. The summed E-state index contributed by atoms with van der Waals surface area (Å²) in [5.41, 5.74) is 1.04. The highest BCUT2D eigenvalue weighted by atomic mass is 16.5. The highest BCUT2D eigenvalue weighted by Gasteiger charge is 2.36. The monoisotopic (exact) mass is 305 g/mol. The lowest BCUT2D eigenvalue weighted by Crippen LogP contribution is -2.29. The van der Waals surface area contributed by atoms with Crippen molar-refractivity contribution in [3.63, 3.8) is 0 Å². The molecular formula is C17H23NO4. The van der Waals surface area contributed by atoms with E-state index in [0.29, 0.717) is 26.0 Å². The van der Waals surface area contributed by atoms with Crippen LogP contribution < -0.4 is 4.74 Å². The maximum atomic E-state index is 12.2. The van der Waals surface area contributed by atoms with Crippen molar-refractivity contribution in [1.29, 1.82) is 0 Å². The Kier molecular flexibility index (Phi) is 5.55. The fourth-order valence-electron chi connectivity index (χ4n) is 2.79. The Balaban J connectivity index is 2.02. The number of hydrogen-bond donors (Lipinski definition) is 0. The zero-order valence-electron chi connectivity index (χ0n) is 13.4. The molecule has 22 heavy (non-hydrogen) atoms. The van der Waals surface area contributed by atoms with Gasteiger partial charge in [0.15, 0.2) is 0 Å². The summed E-state index contributed by atoms with van der Waals surface area (Å²) in [5, 5.41) is 0. The molecule has 0 aromatic heterocycles. The molecule has 2 unspecified atom stereocenters. The summed E-state index contributed by atoms with van der Waals surface area (Å²) in [7, 11) is 3.20. The minimum atomic E-state index is -0.205. The van der Waals surface area contributed by atoms with E-state index in [1.54, 1.807) is 19.1 Å². The van der Waals surface area contributed by atoms with Gasteiger partial charge in [-0.25, -0.2) is 0 Å². The van der Waals surface area contributed by atoms with Crippen LogP contribution in [0.25, 0.3) is 0 Å². The van der Waals surface area contributed by atoms with Crippen LogP contribution >= 0.6 is 0 Å². The second kappa shape index (κ2) is 7.40. The molecule has 1 aromatic rings. The first-order chi connectivity index (χ1) is 10.6. The summed E-state index contributed by atoms with van der Waals surface area (Å²) >= 11 is 0. The number of amides is 1. The molecule has 0 spiro atoms. The van der Waals surface area contributed by atoms with Crippen LogP contribution in [0.1, 0.15) is 31.4 Å². The minimum absolute atomic E-state index is 0.0408. The highest BCUT2D eigenvalue weighted by Crippen LogP contribution is 2.30. The number of ether oxygens (including phenoxy) is 2. The number of ketones is 1. The van der Waals surface area contributed by atoms with Crippen LogP contribution in [0.5, 0.6) is 5.75 Å². The molecule has 1 fully saturated rings. The van der Waals surface area contributed by atoms with Crippen LogP contribution in [0.15, 0.2) is 24.3 Å². The predicted octanol–water partition coefficient (Wildman–Crippen LogP) is 2.21. The molecule has 1 saturated heterocycles. The number of nitrogens with zero attached hydrogens (tertiary/aromatic N) is 1. The second-order valence-corrected chi connectivity index (χ2v) is 5.61. The normalized spacial score (nSPS) is 19.3. The topological polar surface area (TPSA) is 55.8 Å². The summed E-state index contributed by atoms with van der Waals surface area (Å²) in [5.74, 6) is 0.735. The summed E-state index contributed by atoms with van der Waals surface area (Å²) < 4.78 is 10.1. The standard InChI is InChI=1S/C17H23NO4/c1-12(13-4-6-15(22-3)7-5-13)18-11-14(10-17(18)20)16(19)8-9-21-2/h4-7,12,14H,8-11H2,1-3H3. The van der Waals surface area contributed by atoms with Gasteiger partial charge in [-0.1, -0.05) is 12.1 Å². The molecule has 0 N–H and O–H groups in total. The molecule has 2 rings (SSSR count). The van der Waals surface area contributed by atoms with Crippen LogP contribution in [0.4, 0.5) is 0 Å². The predicted molar refractivity (Wildman–Crippen MR) is 82.7 cm³/mol. The van der Waals surface area contributed by atoms with Gasteiger partial charge in [-0.05, 0) is 24.6 Å². The number of carbonyl (C=O) groups excluding carboxylic acids is 2. The fourth-order valence-corrected chi connectivity index (χ4v) is 2.79. The summed E-state index contributed by atoms with van der Waals surface area (Å²) in [6.45, 7) is 2.90. The molecule has 0 saturated carbocycles. The molecule has 0 bridgehead atoms. The maximum absolute atomic E-state index is 12.2. The van der Waals surface area contributed by atoms with Gasteiger partial charge in [-0.3, -0.25) is 9.59 Å². The van der Waals surface area contributed by atoms with Gasteiger partial charge < -0.3 is 14.4 Å². The quantitative estimate of drug-likeness (QED) is 0.775. The van der Waals surface area contributed by atoms with Gasteiger partial charge >= 0.3 is 0 Å². The van der Waals surface area contributed by atoms with Gasteiger partial charge in [0.25, 0.3) is 0 Å². The van der Waals surface area contributed by atoms with Crippen LogP contribution in [-0.2, 0) is 14.3 Å². The average Bonchev–Trinajstić information content (AvgIpc) is 2.94. The van der Waals surface area contributed by atoms with Crippen molar-refractivity contribution in [2.24, 2.45) is 5.92 Å². The van der Waals surface area contributed by atoms with E-state index >= 15 is 0 Å². The zero-order valence-corrected chi connectivity index (χ0v) is 13.4. The van der Waals surface area contributed by atoms with Gasteiger partial charge in [0.05, 0.1) is 19.8 Å². The second-order valence-electron chi connectivity index (χ2n) is 5.61. The third kappa shape index (κ3) is 3.65. The SMILES string of the molecule is COCCC(=O)C1CC(=O)N(C(C)c2ccc(OC)cc2)C1. The largest absolute Gasteiger partial charge is 0.497 e. The van der Waals surface area contributed by atoms with E-state index in [0.717, 1.165) is 11.3 Å². The number of benzene rings is 1. The van der Waals surface area contributed by atoms with Crippen molar-refractivity contribution in [2.45, 2.75) is 25.8 Å².